The van der Waals surface area contributed by atoms with Crippen LogP contribution in [0, 0.1) is 5.92 Å². The van der Waals surface area contributed by atoms with Crippen LogP contribution in [0.2, 0.25) is 5.02 Å². The Bertz CT molecular complexity index is 1910. The van der Waals surface area contributed by atoms with E-state index in [1.165, 1.54) is 10.9 Å². The number of piperidine rings is 1. The summed E-state index contributed by atoms with van der Waals surface area (Å²) in [6.07, 6.45) is 6.50. The summed E-state index contributed by atoms with van der Waals surface area (Å²) in [5, 5.41) is 19.1. The maximum absolute atomic E-state index is 13.4. The minimum atomic E-state index is -1.15. The van der Waals surface area contributed by atoms with Crippen LogP contribution in [0.5, 0.6) is 0 Å². The average Bonchev–Trinajstić information content (AvgIpc) is 3.06. The number of likely N-dealkylation sites (N-methyl/N-ethyl adjacent to an activating group) is 1. The summed E-state index contributed by atoms with van der Waals surface area (Å²) < 4.78 is 1.42. The highest BCUT2D eigenvalue weighted by molar-refractivity contribution is 6.35. The van der Waals surface area contributed by atoms with Crippen molar-refractivity contribution in [2.75, 3.05) is 39.0 Å². The number of halogens is 1. The predicted octanol–water partition coefficient (Wildman–Crippen LogP) is 3.44. The smallest absolute Gasteiger partial charge is 0.261 e. The molecule has 0 unspecified atom stereocenters. The van der Waals surface area contributed by atoms with Crippen molar-refractivity contribution in [1.82, 2.24) is 29.7 Å². The first-order valence-corrected chi connectivity index (χ1v) is 16.7. The molecule has 1 saturated carbocycles. The van der Waals surface area contributed by atoms with Crippen molar-refractivity contribution >= 4 is 56.8 Å². The quantitative estimate of drug-likeness (QED) is 0.258. The number of fused-ring (bicyclic) bond motifs is 2. The zero-order valence-corrected chi connectivity index (χ0v) is 27.9. The van der Waals surface area contributed by atoms with E-state index in [0.29, 0.717) is 84.3 Å². The molecule has 12 nitrogen and oxygen atoms in total. The first kappa shape index (κ1) is 33.5. The van der Waals surface area contributed by atoms with Crippen molar-refractivity contribution in [3.8, 4) is 0 Å². The molecule has 0 bridgehead atoms. The van der Waals surface area contributed by atoms with Gasteiger partial charge in [0.2, 0.25) is 11.8 Å². The van der Waals surface area contributed by atoms with E-state index in [9.17, 15) is 24.3 Å². The summed E-state index contributed by atoms with van der Waals surface area (Å²) in [5.41, 5.74) is 0.768. The number of aromatic nitrogens is 3. The second kappa shape index (κ2) is 14.0. The number of benzene rings is 2. The predicted molar refractivity (Wildman–Crippen MR) is 184 cm³/mol. The van der Waals surface area contributed by atoms with Crippen molar-refractivity contribution < 1.29 is 19.5 Å². The van der Waals surface area contributed by atoms with Crippen LogP contribution >= 0.6 is 11.6 Å². The van der Waals surface area contributed by atoms with Crippen molar-refractivity contribution in [1.29, 1.82) is 0 Å². The van der Waals surface area contributed by atoms with Gasteiger partial charge in [0.15, 0.2) is 0 Å². The Morgan fingerprint density at radius 3 is 2.42 bits per heavy atom. The standard InChI is InChI=1S/C35H40ClN7O5/c1-41(2)19-31(44)39-25-8-10-27-30(18-25)38-21-43(34(27)47)20-35(48)12-15-42(16-13-35)33(46)22-3-6-24(7-4-22)40-32(45)23-5-9-26-28(36)11-14-37-29(26)17-23/h5,8-11,14,17-18,21-22,24,48H,3-4,6-7,12-13,15-16,19-20H2,1-2H3,(H,39,44)(H,40,45)/t22-,24+. The lowest BCUT2D eigenvalue weighted by atomic mass is 9.84. The molecular formula is C35H40ClN7O5. The lowest BCUT2D eigenvalue weighted by molar-refractivity contribution is -0.141. The molecule has 1 aliphatic heterocycles. The highest BCUT2D eigenvalue weighted by Gasteiger charge is 2.37. The Balaban J connectivity index is 0.991. The fraction of sp³-hybridized carbons (Fsp3) is 0.429. The lowest BCUT2D eigenvalue weighted by Crippen LogP contribution is -2.51. The number of hydrogen-bond acceptors (Lipinski definition) is 8. The van der Waals surface area contributed by atoms with Crippen LogP contribution in [0.15, 0.2) is 59.8 Å². The van der Waals surface area contributed by atoms with Gasteiger partial charge in [-0.05, 0) is 89.0 Å². The van der Waals surface area contributed by atoms with E-state index >= 15 is 0 Å². The summed E-state index contributed by atoms with van der Waals surface area (Å²) in [7, 11) is 3.61. The number of hydrogen-bond donors (Lipinski definition) is 3. The van der Waals surface area contributed by atoms with Gasteiger partial charge in [0.05, 0.1) is 46.5 Å². The monoisotopic (exact) mass is 673 g/mol. The maximum Gasteiger partial charge on any atom is 0.261 e. The molecular weight excluding hydrogens is 634 g/mol. The van der Waals surface area contributed by atoms with Crippen LogP contribution in [0.1, 0.15) is 48.9 Å². The third kappa shape index (κ3) is 7.51. The third-order valence-electron chi connectivity index (χ3n) is 9.40. The van der Waals surface area contributed by atoms with Crippen LogP contribution in [0.25, 0.3) is 21.8 Å². The van der Waals surface area contributed by atoms with Gasteiger partial charge in [0.1, 0.15) is 0 Å². The molecule has 2 aromatic carbocycles. The molecule has 0 spiro atoms. The molecule has 1 aliphatic carbocycles. The number of carbonyl (C=O) groups excluding carboxylic acids is 3. The van der Waals surface area contributed by atoms with E-state index in [2.05, 4.69) is 20.6 Å². The van der Waals surface area contributed by atoms with E-state index in [4.69, 9.17) is 11.6 Å². The first-order valence-electron chi connectivity index (χ1n) is 16.3. The molecule has 2 aliphatic rings. The van der Waals surface area contributed by atoms with E-state index in [0.717, 1.165) is 5.39 Å². The van der Waals surface area contributed by atoms with Crippen molar-refractivity contribution in [2.24, 2.45) is 5.92 Å². The molecule has 4 aromatic rings. The molecule has 48 heavy (non-hydrogen) atoms. The van der Waals surface area contributed by atoms with E-state index < -0.39 is 5.60 Å². The van der Waals surface area contributed by atoms with Gasteiger partial charge in [-0.15, -0.1) is 0 Å². The summed E-state index contributed by atoms with van der Waals surface area (Å²) in [6, 6.07) is 12.0. The summed E-state index contributed by atoms with van der Waals surface area (Å²) >= 11 is 6.23. The average molecular weight is 674 g/mol. The molecule has 1 saturated heterocycles. The summed E-state index contributed by atoms with van der Waals surface area (Å²) in [5.74, 6) is -0.379. The molecule has 3 heterocycles. The van der Waals surface area contributed by atoms with Gasteiger partial charge in [0.25, 0.3) is 11.5 Å². The van der Waals surface area contributed by atoms with Crippen molar-refractivity contribution in [3.63, 3.8) is 0 Å². The Labute approximate surface area is 283 Å². The number of carbonyl (C=O) groups is 3. The zero-order valence-electron chi connectivity index (χ0n) is 27.1. The Morgan fingerprint density at radius 1 is 0.979 bits per heavy atom. The van der Waals surface area contributed by atoms with Crippen molar-refractivity contribution in [3.05, 3.63) is 75.9 Å². The lowest BCUT2D eigenvalue weighted by Gasteiger charge is -2.40. The van der Waals surface area contributed by atoms with Gasteiger partial charge in [0, 0.05) is 47.9 Å². The van der Waals surface area contributed by atoms with Crippen LogP contribution in [0.4, 0.5) is 5.69 Å². The molecule has 0 atom stereocenters. The normalized spacial score (nSPS) is 19.4. The molecule has 13 heteroatoms. The minimum Gasteiger partial charge on any atom is -0.388 e. The Hall–Kier alpha value is -4.39. The summed E-state index contributed by atoms with van der Waals surface area (Å²) in [6.45, 7) is 1.11. The number of anilines is 1. The van der Waals surface area contributed by atoms with E-state index in [-0.39, 0.29) is 48.3 Å². The van der Waals surface area contributed by atoms with Gasteiger partial charge < -0.3 is 25.5 Å². The van der Waals surface area contributed by atoms with Gasteiger partial charge >= 0.3 is 0 Å². The molecule has 2 aromatic heterocycles. The second-order valence-corrected chi connectivity index (χ2v) is 13.7. The van der Waals surface area contributed by atoms with Gasteiger partial charge in [-0.2, -0.15) is 0 Å². The Kier molecular flexibility index (Phi) is 9.77. The number of likely N-dealkylation sites (tertiary alicyclic amines) is 1. The van der Waals surface area contributed by atoms with E-state index in [1.54, 1.807) is 67.7 Å². The molecule has 6 rings (SSSR count). The van der Waals surface area contributed by atoms with Crippen LogP contribution < -0.4 is 16.2 Å². The fourth-order valence-corrected chi connectivity index (χ4v) is 6.94. The number of pyridine rings is 1. The molecule has 3 N–H and O–H groups in total. The van der Waals surface area contributed by atoms with Gasteiger partial charge in [-0.3, -0.25) is 28.7 Å². The SMILES string of the molecule is CN(C)CC(=O)Nc1ccc2c(=O)n(CC3(O)CCN(C(=O)[C@H]4CC[C@@H](NC(=O)c5ccc6c(Cl)ccnc6c5)CC4)CC3)cnc2c1. The highest BCUT2D eigenvalue weighted by Crippen LogP contribution is 2.30. The van der Waals surface area contributed by atoms with Crippen LogP contribution in [0.3, 0.4) is 0 Å². The molecule has 2 fully saturated rings. The summed E-state index contributed by atoms with van der Waals surface area (Å²) in [4.78, 5) is 64.1. The number of nitrogens with one attached hydrogen (secondary N) is 2. The van der Waals surface area contributed by atoms with E-state index in [1.807, 2.05) is 4.90 Å². The largest absolute Gasteiger partial charge is 0.388 e. The molecule has 3 amide bonds. The molecule has 0 radical (unpaired) electrons. The molecule has 252 valence electrons. The van der Waals surface area contributed by atoms with Crippen molar-refractivity contribution in [2.45, 2.75) is 56.7 Å². The maximum atomic E-state index is 13.4. The third-order valence-corrected chi connectivity index (χ3v) is 9.73. The number of aliphatic hydroxyl groups is 1. The minimum absolute atomic E-state index is 0.0155. The number of amides is 3. The Morgan fingerprint density at radius 2 is 1.69 bits per heavy atom. The fourth-order valence-electron chi connectivity index (χ4n) is 6.72. The van der Waals surface area contributed by atoms with Crippen LogP contribution in [-0.2, 0) is 16.1 Å². The topological polar surface area (TPSA) is 150 Å². The van der Waals surface area contributed by atoms with Crippen LogP contribution in [-0.4, -0.2) is 92.5 Å². The number of nitrogens with zero attached hydrogens (tertiary/aromatic N) is 5. The zero-order chi connectivity index (χ0) is 34.0. The second-order valence-electron chi connectivity index (χ2n) is 13.3. The first-order chi connectivity index (χ1) is 23.0. The highest BCUT2D eigenvalue weighted by atomic mass is 35.5. The van der Waals surface area contributed by atoms with Gasteiger partial charge in [-0.1, -0.05) is 17.7 Å². The van der Waals surface area contributed by atoms with Gasteiger partial charge in [-0.25, -0.2) is 4.98 Å². The number of rotatable bonds is 8.